The van der Waals surface area contributed by atoms with Crippen LogP contribution in [0.5, 0.6) is 0 Å². The molecule has 0 fully saturated rings. The number of hydrogen-bond acceptors (Lipinski definition) is 3. The molecule has 0 aliphatic rings. The number of halogens is 1. The number of benzene rings is 1. The van der Waals surface area contributed by atoms with E-state index in [1.165, 1.54) is 4.90 Å². The number of methoxy groups -OCH3 is 1. The fraction of sp³-hybridized carbons (Fsp3) is 0.455. The minimum Gasteiger partial charge on any atom is -0.392 e. The van der Waals surface area contributed by atoms with E-state index in [9.17, 15) is 0 Å². The second-order valence-corrected chi connectivity index (χ2v) is 5.13. The molecule has 0 heterocycles. The van der Waals surface area contributed by atoms with Gasteiger partial charge in [-0.25, -0.2) is 0 Å². The van der Waals surface area contributed by atoms with Crippen molar-refractivity contribution in [2.45, 2.75) is 17.9 Å². The molecule has 15 heavy (non-hydrogen) atoms. The zero-order chi connectivity index (χ0) is 11.1. The summed E-state index contributed by atoms with van der Waals surface area (Å²) >= 11 is 5.23. The molecule has 0 aliphatic carbocycles. The van der Waals surface area contributed by atoms with E-state index >= 15 is 0 Å². The Morgan fingerprint density at radius 2 is 2.27 bits per heavy atom. The summed E-state index contributed by atoms with van der Waals surface area (Å²) in [5.41, 5.74) is 0.927. The fourth-order valence-corrected chi connectivity index (χ4v) is 2.66. The largest absolute Gasteiger partial charge is 0.392 e. The second kappa shape index (κ2) is 7.28. The Balaban J connectivity index is 2.45. The molecule has 0 aliphatic heterocycles. The van der Waals surface area contributed by atoms with Crippen LogP contribution >= 0.6 is 27.7 Å². The summed E-state index contributed by atoms with van der Waals surface area (Å²) in [6, 6.07) is 6.03. The predicted molar refractivity (Wildman–Crippen MR) is 67.3 cm³/mol. The zero-order valence-corrected chi connectivity index (χ0v) is 11.1. The van der Waals surface area contributed by atoms with Crippen LogP contribution in [0.25, 0.3) is 0 Å². The summed E-state index contributed by atoms with van der Waals surface area (Å²) in [5, 5.41) is 9.00. The maximum absolute atomic E-state index is 9.00. The van der Waals surface area contributed by atoms with Crippen LogP contribution < -0.4 is 0 Å². The molecule has 0 atom stereocenters. The number of hydrogen-bond donors (Lipinski definition) is 1. The Hall–Kier alpha value is -0.0300. The van der Waals surface area contributed by atoms with Crippen LogP contribution in [-0.2, 0) is 11.3 Å². The van der Waals surface area contributed by atoms with Gasteiger partial charge in [-0.1, -0.05) is 22.0 Å². The summed E-state index contributed by atoms with van der Waals surface area (Å²) in [6.07, 6.45) is 1.06. The molecular formula is C11H15BrO2S. The maximum atomic E-state index is 9.00. The zero-order valence-electron chi connectivity index (χ0n) is 8.70. The van der Waals surface area contributed by atoms with Gasteiger partial charge in [0.2, 0.25) is 0 Å². The molecule has 0 aromatic heterocycles. The van der Waals surface area contributed by atoms with E-state index in [1.54, 1.807) is 18.9 Å². The normalized spacial score (nSPS) is 10.6. The lowest BCUT2D eigenvalue weighted by Crippen LogP contribution is -1.90. The molecule has 2 nitrogen and oxygen atoms in total. The van der Waals surface area contributed by atoms with Crippen molar-refractivity contribution in [2.24, 2.45) is 0 Å². The van der Waals surface area contributed by atoms with Crippen molar-refractivity contribution in [1.29, 1.82) is 0 Å². The molecule has 84 valence electrons. The summed E-state index contributed by atoms with van der Waals surface area (Å²) in [4.78, 5) is 1.22. The van der Waals surface area contributed by atoms with Gasteiger partial charge in [0.25, 0.3) is 0 Å². The maximum Gasteiger partial charge on any atom is 0.0692 e. The lowest BCUT2D eigenvalue weighted by molar-refractivity contribution is 0.200. The molecule has 4 heteroatoms. The van der Waals surface area contributed by atoms with Gasteiger partial charge in [0.1, 0.15) is 0 Å². The van der Waals surface area contributed by atoms with Gasteiger partial charge in [0.15, 0.2) is 0 Å². The first-order valence-electron chi connectivity index (χ1n) is 4.79. The van der Waals surface area contributed by atoms with E-state index in [1.807, 2.05) is 18.2 Å². The standard InChI is InChI=1S/C11H15BrO2S/c1-14-5-2-6-15-10-4-3-9(8-13)11(12)7-10/h3-4,7,13H,2,5-6,8H2,1H3. The average Bonchev–Trinajstić information content (AvgIpc) is 2.25. The van der Waals surface area contributed by atoms with Gasteiger partial charge in [0, 0.05) is 28.8 Å². The molecular weight excluding hydrogens is 276 g/mol. The molecule has 0 unspecified atom stereocenters. The molecule has 0 saturated carbocycles. The Bertz CT molecular complexity index is 305. The molecule has 0 spiro atoms. The van der Waals surface area contributed by atoms with Gasteiger partial charge in [-0.2, -0.15) is 0 Å². The Labute approximate surface area is 103 Å². The molecule has 1 aromatic carbocycles. The lowest BCUT2D eigenvalue weighted by Gasteiger charge is -2.05. The number of rotatable bonds is 6. The highest BCUT2D eigenvalue weighted by Crippen LogP contribution is 2.25. The van der Waals surface area contributed by atoms with Crippen molar-refractivity contribution in [3.05, 3.63) is 28.2 Å². The van der Waals surface area contributed by atoms with E-state index in [0.29, 0.717) is 0 Å². The van der Waals surface area contributed by atoms with E-state index in [2.05, 4.69) is 15.9 Å². The third-order valence-electron chi connectivity index (χ3n) is 1.96. The van der Waals surface area contributed by atoms with Crippen molar-refractivity contribution >= 4 is 27.7 Å². The first-order chi connectivity index (χ1) is 7.27. The summed E-state index contributed by atoms with van der Waals surface area (Å²) in [7, 11) is 1.72. The monoisotopic (exact) mass is 290 g/mol. The highest BCUT2D eigenvalue weighted by molar-refractivity contribution is 9.10. The molecule has 1 N–H and O–H groups in total. The van der Waals surface area contributed by atoms with Crippen molar-refractivity contribution in [2.75, 3.05) is 19.5 Å². The lowest BCUT2D eigenvalue weighted by atomic mass is 10.2. The van der Waals surface area contributed by atoms with Gasteiger partial charge in [-0.05, 0) is 24.1 Å². The molecule has 0 amide bonds. The van der Waals surface area contributed by atoms with Crippen LogP contribution in [0, 0.1) is 0 Å². The SMILES string of the molecule is COCCCSc1ccc(CO)c(Br)c1. The first-order valence-corrected chi connectivity index (χ1v) is 6.57. The second-order valence-electron chi connectivity index (χ2n) is 3.11. The number of aliphatic hydroxyl groups is 1. The molecule has 0 bridgehead atoms. The molecule has 1 aromatic rings. The van der Waals surface area contributed by atoms with Crippen molar-refractivity contribution < 1.29 is 9.84 Å². The highest BCUT2D eigenvalue weighted by Gasteiger charge is 2.00. The van der Waals surface area contributed by atoms with Crippen LogP contribution in [0.2, 0.25) is 0 Å². The van der Waals surface area contributed by atoms with E-state index in [0.717, 1.165) is 28.8 Å². The van der Waals surface area contributed by atoms with Crippen LogP contribution in [0.1, 0.15) is 12.0 Å². The van der Waals surface area contributed by atoms with Crippen molar-refractivity contribution in [1.82, 2.24) is 0 Å². The van der Waals surface area contributed by atoms with Crippen LogP contribution in [0.3, 0.4) is 0 Å². The summed E-state index contributed by atoms with van der Waals surface area (Å²) in [5.74, 6) is 1.05. The third-order valence-corrected chi connectivity index (χ3v) is 3.77. The average molecular weight is 291 g/mol. The topological polar surface area (TPSA) is 29.5 Å². The van der Waals surface area contributed by atoms with Gasteiger partial charge in [-0.15, -0.1) is 11.8 Å². The fourth-order valence-electron chi connectivity index (χ4n) is 1.14. The Morgan fingerprint density at radius 3 is 2.87 bits per heavy atom. The minimum absolute atomic E-state index is 0.0786. The van der Waals surface area contributed by atoms with Crippen LogP contribution in [-0.4, -0.2) is 24.6 Å². The number of ether oxygens (including phenoxy) is 1. The van der Waals surface area contributed by atoms with Crippen molar-refractivity contribution in [3.8, 4) is 0 Å². The van der Waals surface area contributed by atoms with E-state index < -0.39 is 0 Å². The number of thioether (sulfide) groups is 1. The van der Waals surface area contributed by atoms with Gasteiger partial charge in [0.05, 0.1) is 6.61 Å². The smallest absolute Gasteiger partial charge is 0.0692 e. The summed E-state index contributed by atoms with van der Waals surface area (Å²) < 4.78 is 5.96. The Kier molecular flexibility index (Phi) is 6.32. The quantitative estimate of drug-likeness (QED) is 0.645. The van der Waals surface area contributed by atoms with Crippen LogP contribution in [0.4, 0.5) is 0 Å². The highest BCUT2D eigenvalue weighted by atomic mass is 79.9. The predicted octanol–water partition coefficient (Wildman–Crippen LogP) is 3.07. The third kappa shape index (κ3) is 4.55. The first kappa shape index (κ1) is 13.0. The molecule has 1 rings (SSSR count). The van der Waals surface area contributed by atoms with Gasteiger partial charge in [-0.3, -0.25) is 0 Å². The van der Waals surface area contributed by atoms with Crippen molar-refractivity contribution in [3.63, 3.8) is 0 Å². The van der Waals surface area contributed by atoms with Gasteiger partial charge < -0.3 is 9.84 Å². The van der Waals surface area contributed by atoms with Gasteiger partial charge >= 0.3 is 0 Å². The number of aliphatic hydroxyl groups excluding tert-OH is 1. The minimum atomic E-state index is 0.0786. The van der Waals surface area contributed by atoms with E-state index in [-0.39, 0.29) is 6.61 Å². The molecule has 0 saturated heterocycles. The molecule has 0 radical (unpaired) electrons. The van der Waals surface area contributed by atoms with Crippen LogP contribution in [0.15, 0.2) is 27.6 Å². The summed E-state index contributed by atoms with van der Waals surface area (Å²) in [6.45, 7) is 0.887. The Morgan fingerprint density at radius 1 is 1.47 bits per heavy atom. The van der Waals surface area contributed by atoms with E-state index in [4.69, 9.17) is 9.84 Å².